The molecule has 0 saturated heterocycles. The van der Waals surface area contributed by atoms with Crippen LogP contribution in [0.25, 0.3) is 10.1 Å². The van der Waals surface area contributed by atoms with Gasteiger partial charge in [0.25, 0.3) is 0 Å². The lowest BCUT2D eigenvalue weighted by Gasteiger charge is -1.87. The molecule has 0 aliphatic heterocycles. The molecule has 4 heteroatoms. The second kappa shape index (κ2) is 3.55. The van der Waals surface area contributed by atoms with E-state index in [-0.39, 0.29) is 3.79 Å². The van der Waals surface area contributed by atoms with E-state index in [2.05, 4.69) is 0 Å². The second-order valence-electron chi connectivity index (χ2n) is 2.52. The van der Waals surface area contributed by atoms with E-state index in [1.165, 1.54) is 11.3 Å². The van der Waals surface area contributed by atoms with Gasteiger partial charge in [-0.2, -0.15) is 0 Å². The van der Waals surface area contributed by atoms with Gasteiger partial charge in [0.15, 0.2) is 0 Å². The second-order valence-corrected chi connectivity index (χ2v) is 4.92. The van der Waals surface area contributed by atoms with Gasteiger partial charge in [-0.15, -0.1) is 11.3 Å². The molecule has 0 fully saturated rings. The third-order valence-electron chi connectivity index (χ3n) is 1.71. The number of hydrogen-bond acceptors (Lipinski definition) is 2. The molecular formula is C9H4ClIOS. The minimum atomic E-state index is 0.00352. The van der Waals surface area contributed by atoms with Gasteiger partial charge in [-0.25, -0.2) is 0 Å². The van der Waals surface area contributed by atoms with Gasteiger partial charge in [-0.1, -0.05) is 29.8 Å². The van der Waals surface area contributed by atoms with Gasteiger partial charge in [0.05, 0.1) is 5.02 Å². The Morgan fingerprint density at radius 3 is 2.69 bits per heavy atom. The summed E-state index contributed by atoms with van der Waals surface area (Å²) in [6.07, 6.45) is 0. The molecular weight excluding hydrogens is 319 g/mol. The summed E-state index contributed by atoms with van der Waals surface area (Å²) in [6.45, 7) is 0. The third kappa shape index (κ3) is 1.60. The van der Waals surface area contributed by atoms with Gasteiger partial charge in [-0.05, 0) is 6.07 Å². The highest BCUT2D eigenvalue weighted by Gasteiger charge is 2.13. The molecule has 0 amide bonds. The molecule has 2 rings (SSSR count). The van der Waals surface area contributed by atoms with Crippen molar-refractivity contribution in [1.82, 2.24) is 0 Å². The Labute approximate surface area is 97.8 Å². The SMILES string of the molecule is O=C(I)c1sc2ccccc2c1Cl. The maximum Gasteiger partial charge on any atom is 0.233 e. The number of carbonyl (C=O) groups excluding carboxylic acids is 1. The minimum absolute atomic E-state index is 0.00352. The molecule has 0 radical (unpaired) electrons. The minimum Gasteiger partial charge on any atom is -0.281 e. The molecule has 0 unspecified atom stereocenters. The van der Waals surface area contributed by atoms with Gasteiger partial charge < -0.3 is 0 Å². The Morgan fingerprint density at radius 1 is 1.38 bits per heavy atom. The lowest BCUT2D eigenvalue weighted by atomic mass is 10.2. The zero-order valence-electron chi connectivity index (χ0n) is 6.38. The highest BCUT2D eigenvalue weighted by molar-refractivity contribution is 14.1. The molecule has 1 aromatic heterocycles. The normalized spacial score (nSPS) is 10.6. The third-order valence-corrected chi connectivity index (χ3v) is 4.29. The maximum absolute atomic E-state index is 11.1. The zero-order valence-corrected chi connectivity index (χ0v) is 10.1. The van der Waals surface area contributed by atoms with E-state index in [0.717, 1.165) is 10.1 Å². The van der Waals surface area contributed by atoms with Crippen LogP contribution in [-0.4, -0.2) is 3.79 Å². The number of rotatable bonds is 1. The Morgan fingerprint density at radius 2 is 2.08 bits per heavy atom. The van der Waals surface area contributed by atoms with Crippen LogP contribution < -0.4 is 0 Å². The fraction of sp³-hybridized carbons (Fsp3) is 0. The van der Waals surface area contributed by atoms with E-state index in [9.17, 15) is 4.79 Å². The van der Waals surface area contributed by atoms with E-state index in [1.54, 1.807) is 22.6 Å². The summed E-state index contributed by atoms with van der Waals surface area (Å²) in [6, 6.07) is 7.76. The fourth-order valence-electron chi connectivity index (χ4n) is 1.14. The van der Waals surface area contributed by atoms with Crippen molar-refractivity contribution in [2.45, 2.75) is 0 Å². The van der Waals surface area contributed by atoms with E-state index in [0.29, 0.717) is 9.90 Å². The molecule has 1 nitrogen and oxygen atoms in total. The van der Waals surface area contributed by atoms with Gasteiger partial charge in [-0.3, -0.25) is 4.79 Å². The number of carbonyl (C=O) groups is 1. The predicted molar refractivity (Wildman–Crippen MR) is 65.2 cm³/mol. The first-order chi connectivity index (χ1) is 6.20. The van der Waals surface area contributed by atoms with Crippen LogP contribution in [0, 0.1) is 0 Å². The lowest BCUT2D eigenvalue weighted by Crippen LogP contribution is -1.80. The van der Waals surface area contributed by atoms with Gasteiger partial charge in [0.2, 0.25) is 3.79 Å². The highest BCUT2D eigenvalue weighted by Crippen LogP contribution is 2.36. The molecule has 0 spiro atoms. The van der Waals surface area contributed by atoms with E-state index in [4.69, 9.17) is 11.6 Å². The van der Waals surface area contributed by atoms with Crippen molar-refractivity contribution >= 4 is 59.4 Å². The van der Waals surface area contributed by atoms with Crippen LogP contribution in [0.5, 0.6) is 0 Å². The summed E-state index contributed by atoms with van der Waals surface area (Å²) in [5.41, 5.74) is 0. The lowest BCUT2D eigenvalue weighted by molar-refractivity contribution is 0.110. The Bertz CT molecular complexity index is 477. The molecule has 0 aliphatic rings. The number of fused-ring (bicyclic) bond motifs is 1. The molecule has 0 aliphatic carbocycles. The molecule has 0 N–H and O–H groups in total. The molecule has 66 valence electrons. The summed E-state index contributed by atoms with van der Waals surface area (Å²) in [7, 11) is 0. The Balaban J connectivity index is 2.81. The molecule has 1 aromatic carbocycles. The van der Waals surface area contributed by atoms with Crippen LogP contribution in [0.1, 0.15) is 9.67 Å². The summed E-state index contributed by atoms with van der Waals surface area (Å²) in [4.78, 5) is 11.8. The van der Waals surface area contributed by atoms with Gasteiger partial charge in [0.1, 0.15) is 4.88 Å². The smallest absolute Gasteiger partial charge is 0.233 e. The van der Waals surface area contributed by atoms with E-state index in [1.807, 2.05) is 24.3 Å². The van der Waals surface area contributed by atoms with Crippen molar-refractivity contribution in [1.29, 1.82) is 0 Å². The topological polar surface area (TPSA) is 17.1 Å². The molecule has 0 bridgehead atoms. The first-order valence-corrected chi connectivity index (χ1v) is 5.84. The standard InChI is InChI=1S/C9H4ClIOS/c10-7-5-3-1-2-4-6(5)13-8(7)9(11)12/h1-4H. The largest absolute Gasteiger partial charge is 0.281 e. The fourth-order valence-corrected chi connectivity index (χ4v) is 3.25. The van der Waals surface area contributed by atoms with Crippen LogP contribution in [0.4, 0.5) is 0 Å². The Hall–Kier alpha value is -0.130. The summed E-state index contributed by atoms with van der Waals surface area (Å²) in [5.74, 6) is 0. The van der Waals surface area contributed by atoms with Crippen molar-refractivity contribution in [2.75, 3.05) is 0 Å². The van der Waals surface area contributed by atoms with Gasteiger partial charge in [0, 0.05) is 32.7 Å². The van der Waals surface area contributed by atoms with Crippen LogP contribution in [0.2, 0.25) is 5.02 Å². The van der Waals surface area contributed by atoms with Gasteiger partial charge >= 0.3 is 0 Å². The van der Waals surface area contributed by atoms with Crippen molar-refractivity contribution < 1.29 is 4.79 Å². The molecule has 1 heterocycles. The molecule has 2 aromatic rings. The maximum atomic E-state index is 11.1. The Kier molecular flexibility index (Phi) is 2.58. The van der Waals surface area contributed by atoms with Crippen molar-refractivity contribution in [3.63, 3.8) is 0 Å². The number of halogens is 2. The van der Waals surface area contributed by atoms with Crippen LogP contribution >= 0.6 is 45.5 Å². The highest BCUT2D eigenvalue weighted by atomic mass is 127. The number of benzene rings is 1. The summed E-state index contributed by atoms with van der Waals surface area (Å²) in [5, 5.41) is 1.55. The quantitative estimate of drug-likeness (QED) is 0.570. The summed E-state index contributed by atoms with van der Waals surface area (Å²) >= 11 is 9.24. The van der Waals surface area contributed by atoms with E-state index >= 15 is 0 Å². The number of thiophene rings is 1. The summed E-state index contributed by atoms with van der Waals surface area (Å²) < 4.78 is 1.07. The van der Waals surface area contributed by atoms with Crippen LogP contribution in [0.15, 0.2) is 24.3 Å². The van der Waals surface area contributed by atoms with Crippen molar-refractivity contribution in [2.24, 2.45) is 0 Å². The van der Waals surface area contributed by atoms with E-state index < -0.39 is 0 Å². The van der Waals surface area contributed by atoms with Crippen LogP contribution in [-0.2, 0) is 0 Å². The van der Waals surface area contributed by atoms with Crippen LogP contribution in [0.3, 0.4) is 0 Å². The molecule has 0 atom stereocenters. The zero-order chi connectivity index (χ0) is 9.42. The molecule has 0 saturated carbocycles. The van der Waals surface area contributed by atoms with Crippen molar-refractivity contribution in [3.05, 3.63) is 34.2 Å². The number of hydrogen-bond donors (Lipinski definition) is 0. The van der Waals surface area contributed by atoms with Crippen molar-refractivity contribution in [3.8, 4) is 0 Å². The first kappa shape index (κ1) is 9.43. The average molecular weight is 323 g/mol. The first-order valence-electron chi connectivity index (χ1n) is 3.57. The predicted octanol–water partition coefficient (Wildman–Crippen LogP) is 4.13. The molecule has 13 heavy (non-hydrogen) atoms. The average Bonchev–Trinajstić information content (AvgIpc) is 2.45. The monoisotopic (exact) mass is 322 g/mol.